The predicted molar refractivity (Wildman–Crippen MR) is 97.6 cm³/mol. The van der Waals surface area contributed by atoms with E-state index in [4.69, 9.17) is 11.6 Å². The van der Waals surface area contributed by atoms with Crippen molar-refractivity contribution in [2.75, 3.05) is 5.32 Å². The fraction of sp³-hybridized carbons (Fsp3) is 0.222. The summed E-state index contributed by atoms with van der Waals surface area (Å²) < 4.78 is 0. The number of nitrogens with one attached hydrogen (secondary N) is 1. The lowest BCUT2D eigenvalue weighted by Gasteiger charge is -2.37. The van der Waals surface area contributed by atoms with Crippen LogP contribution in [0, 0.1) is 26.1 Å². The van der Waals surface area contributed by atoms with Gasteiger partial charge in [0, 0.05) is 24.1 Å². The Balaban J connectivity index is 1.85. The molecular weight excluding hydrogens is 358 g/mol. The molecule has 1 aliphatic carbocycles. The second-order valence-corrected chi connectivity index (χ2v) is 6.85. The lowest BCUT2D eigenvalue weighted by molar-refractivity contribution is -0.385. The summed E-state index contributed by atoms with van der Waals surface area (Å²) in [6, 6.07) is 9.19. The molecule has 0 aromatic heterocycles. The van der Waals surface area contributed by atoms with E-state index >= 15 is 0 Å². The lowest BCUT2D eigenvalue weighted by Crippen LogP contribution is -2.29. The van der Waals surface area contributed by atoms with Gasteiger partial charge >= 0.3 is 0 Å². The second kappa shape index (κ2) is 6.10. The summed E-state index contributed by atoms with van der Waals surface area (Å²) in [5, 5.41) is 26.3. The number of allylic oxidation sites excluding steroid dienone is 2. The van der Waals surface area contributed by atoms with Gasteiger partial charge in [-0.15, -0.1) is 0 Å². The molecule has 2 unspecified atom stereocenters. The zero-order valence-electron chi connectivity index (χ0n) is 13.5. The average Bonchev–Trinajstić information content (AvgIpc) is 3.11. The van der Waals surface area contributed by atoms with Crippen LogP contribution in [0.25, 0.3) is 0 Å². The molecule has 1 heterocycles. The zero-order valence-corrected chi connectivity index (χ0v) is 14.2. The van der Waals surface area contributed by atoms with E-state index in [1.165, 1.54) is 18.2 Å². The summed E-state index contributed by atoms with van der Waals surface area (Å²) in [6.45, 7) is 0. The van der Waals surface area contributed by atoms with Crippen molar-refractivity contribution in [1.82, 2.24) is 0 Å². The number of halogens is 1. The summed E-state index contributed by atoms with van der Waals surface area (Å²) in [4.78, 5) is 21.8. The Hall–Kier alpha value is -2.93. The van der Waals surface area contributed by atoms with Crippen LogP contribution in [0.15, 0.2) is 48.6 Å². The van der Waals surface area contributed by atoms with E-state index < -0.39 is 9.85 Å². The van der Waals surface area contributed by atoms with E-state index in [0.717, 1.165) is 12.0 Å². The van der Waals surface area contributed by atoms with Crippen molar-refractivity contribution in [3.05, 3.63) is 84.9 Å². The minimum absolute atomic E-state index is 0.0164. The van der Waals surface area contributed by atoms with Gasteiger partial charge in [0.1, 0.15) is 0 Å². The third-order valence-corrected chi connectivity index (χ3v) is 5.40. The van der Waals surface area contributed by atoms with Crippen molar-refractivity contribution in [3.63, 3.8) is 0 Å². The summed E-state index contributed by atoms with van der Waals surface area (Å²) in [5.41, 5.74) is 1.94. The van der Waals surface area contributed by atoms with E-state index in [2.05, 4.69) is 5.32 Å². The molecule has 132 valence electrons. The molecule has 3 atom stereocenters. The van der Waals surface area contributed by atoms with E-state index in [1.807, 2.05) is 18.2 Å². The number of hydrogen-bond donors (Lipinski definition) is 1. The van der Waals surface area contributed by atoms with Gasteiger partial charge in [-0.25, -0.2) is 0 Å². The van der Waals surface area contributed by atoms with Crippen LogP contribution < -0.4 is 5.32 Å². The van der Waals surface area contributed by atoms with Crippen LogP contribution in [0.3, 0.4) is 0 Å². The van der Waals surface area contributed by atoms with E-state index in [1.54, 1.807) is 12.1 Å². The molecule has 0 fully saturated rings. The number of nitro groups is 2. The zero-order chi connectivity index (χ0) is 18.4. The number of nitrogens with zero attached hydrogens (tertiary/aromatic N) is 2. The van der Waals surface area contributed by atoms with Crippen molar-refractivity contribution >= 4 is 28.7 Å². The highest BCUT2D eigenvalue weighted by Crippen LogP contribution is 2.54. The standard InChI is InChI=1S/C18H14ClN3O4/c19-14-7-8-15(22(25)26)16-12-5-2-6-13(12)17(20-18(14)16)10-3-1-4-11(9-10)21(23)24/h1-5,7-9,12-13,17,20H,6H2/t12?,13?,17-/m1/s1. The van der Waals surface area contributed by atoms with Gasteiger partial charge in [0.05, 0.1) is 32.2 Å². The third kappa shape index (κ3) is 2.52. The van der Waals surface area contributed by atoms with Crippen LogP contribution in [0.1, 0.15) is 29.5 Å². The SMILES string of the molecule is O=[N+]([O-])c1cccc([C@H]2Nc3c(Cl)ccc([N+](=O)[O-])c3C3C=CCC32)c1. The minimum Gasteiger partial charge on any atom is -0.376 e. The van der Waals surface area contributed by atoms with Crippen molar-refractivity contribution < 1.29 is 9.85 Å². The maximum absolute atomic E-state index is 11.5. The van der Waals surface area contributed by atoms with Crippen molar-refractivity contribution in [2.24, 2.45) is 5.92 Å². The van der Waals surface area contributed by atoms with Crippen molar-refractivity contribution in [3.8, 4) is 0 Å². The molecule has 0 saturated heterocycles. The number of non-ortho nitro benzene ring substituents is 1. The van der Waals surface area contributed by atoms with Crippen molar-refractivity contribution in [2.45, 2.75) is 18.4 Å². The first-order valence-corrected chi connectivity index (χ1v) is 8.49. The molecule has 0 radical (unpaired) electrons. The van der Waals surface area contributed by atoms with Crippen LogP contribution >= 0.6 is 11.6 Å². The topological polar surface area (TPSA) is 98.3 Å². The van der Waals surface area contributed by atoms with Gasteiger partial charge < -0.3 is 5.32 Å². The van der Waals surface area contributed by atoms with Crippen LogP contribution in [0.2, 0.25) is 5.02 Å². The summed E-state index contributed by atoms with van der Waals surface area (Å²) >= 11 is 6.33. The maximum Gasteiger partial charge on any atom is 0.275 e. The first-order chi connectivity index (χ1) is 12.5. The molecule has 0 amide bonds. The minimum atomic E-state index is -0.428. The Morgan fingerprint density at radius 1 is 1.12 bits per heavy atom. The number of benzene rings is 2. The van der Waals surface area contributed by atoms with Gasteiger partial charge in [-0.2, -0.15) is 0 Å². The molecule has 2 aromatic rings. The first kappa shape index (κ1) is 16.5. The van der Waals surface area contributed by atoms with Crippen LogP contribution in [0.5, 0.6) is 0 Å². The third-order valence-electron chi connectivity index (χ3n) is 5.08. The van der Waals surface area contributed by atoms with Gasteiger partial charge in [-0.05, 0) is 24.0 Å². The van der Waals surface area contributed by atoms with Crippen LogP contribution in [-0.2, 0) is 0 Å². The first-order valence-electron chi connectivity index (χ1n) is 8.11. The Morgan fingerprint density at radius 2 is 1.92 bits per heavy atom. The van der Waals surface area contributed by atoms with Crippen LogP contribution in [0.4, 0.5) is 17.1 Å². The fourth-order valence-electron chi connectivity index (χ4n) is 3.98. The maximum atomic E-state index is 11.5. The molecule has 2 aromatic carbocycles. The Bertz CT molecular complexity index is 959. The Labute approximate surface area is 153 Å². The molecule has 0 spiro atoms. The smallest absolute Gasteiger partial charge is 0.275 e. The molecule has 1 aliphatic heterocycles. The molecule has 0 bridgehead atoms. The number of nitro benzene ring substituents is 2. The summed E-state index contributed by atoms with van der Waals surface area (Å²) in [6.07, 6.45) is 4.70. The number of rotatable bonds is 3. The molecule has 4 rings (SSSR count). The van der Waals surface area contributed by atoms with Gasteiger partial charge in [-0.1, -0.05) is 35.9 Å². The molecule has 1 N–H and O–H groups in total. The number of fused-ring (bicyclic) bond motifs is 3. The molecule has 2 aliphatic rings. The average molecular weight is 372 g/mol. The Morgan fingerprint density at radius 3 is 2.65 bits per heavy atom. The quantitative estimate of drug-likeness (QED) is 0.466. The molecule has 26 heavy (non-hydrogen) atoms. The number of anilines is 1. The highest BCUT2D eigenvalue weighted by Gasteiger charge is 2.42. The van der Waals surface area contributed by atoms with Gasteiger partial charge in [0.25, 0.3) is 11.4 Å². The second-order valence-electron chi connectivity index (χ2n) is 6.44. The largest absolute Gasteiger partial charge is 0.376 e. The van der Waals surface area contributed by atoms with E-state index in [0.29, 0.717) is 16.3 Å². The Kier molecular flexibility index (Phi) is 3.88. The van der Waals surface area contributed by atoms with Crippen LogP contribution in [-0.4, -0.2) is 9.85 Å². The number of hydrogen-bond acceptors (Lipinski definition) is 5. The van der Waals surface area contributed by atoms with E-state index in [-0.39, 0.29) is 29.3 Å². The van der Waals surface area contributed by atoms with Crippen molar-refractivity contribution in [1.29, 1.82) is 0 Å². The summed E-state index contributed by atoms with van der Waals surface area (Å²) in [7, 11) is 0. The van der Waals surface area contributed by atoms with Gasteiger partial charge in [0.15, 0.2) is 0 Å². The molecular formula is C18H14ClN3O4. The predicted octanol–water partition coefficient (Wildman–Crippen LogP) is 4.98. The molecule has 0 saturated carbocycles. The van der Waals surface area contributed by atoms with Gasteiger partial charge in [-0.3, -0.25) is 20.2 Å². The molecule has 7 nitrogen and oxygen atoms in total. The molecule has 8 heteroatoms. The highest BCUT2D eigenvalue weighted by atomic mass is 35.5. The fourth-order valence-corrected chi connectivity index (χ4v) is 4.19. The monoisotopic (exact) mass is 371 g/mol. The lowest BCUT2D eigenvalue weighted by atomic mass is 9.76. The van der Waals surface area contributed by atoms with E-state index in [9.17, 15) is 20.2 Å². The summed E-state index contributed by atoms with van der Waals surface area (Å²) in [5.74, 6) is -0.128. The normalized spacial score (nSPS) is 23.0. The van der Waals surface area contributed by atoms with Gasteiger partial charge in [0.2, 0.25) is 0 Å². The highest BCUT2D eigenvalue weighted by molar-refractivity contribution is 6.33.